The van der Waals surface area contributed by atoms with Crippen molar-refractivity contribution < 1.29 is 29.2 Å². The molecule has 0 atom stereocenters. The van der Waals surface area contributed by atoms with Gasteiger partial charge in [0.2, 0.25) is 11.6 Å². The van der Waals surface area contributed by atoms with E-state index in [1.54, 1.807) is 6.07 Å². The molecule has 11 nitrogen and oxygen atoms in total. The highest BCUT2D eigenvalue weighted by atomic mass is 16.5. The van der Waals surface area contributed by atoms with E-state index in [1.807, 2.05) is 13.0 Å². The predicted octanol–water partition coefficient (Wildman–Crippen LogP) is 2.21. The molecule has 1 aliphatic heterocycles. The molecule has 3 N–H and O–H groups in total. The average molecular weight is 433 g/mol. The van der Waals surface area contributed by atoms with Crippen molar-refractivity contribution in [1.29, 1.82) is 0 Å². The monoisotopic (exact) mass is 433 g/mol. The number of hydrogen-bond acceptors (Lipinski definition) is 9. The van der Waals surface area contributed by atoms with Crippen LogP contribution in [0.3, 0.4) is 0 Å². The van der Waals surface area contributed by atoms with Crippen molar-refractivity contribution in [3.63, 3.8) is 0 Å². The van der Waals surface area contributed by atoms with Gasteiger partial charge in [-0.2, -0.15) is 4.98 Å². The fourth-order valence-corrected chi connectivity index (χ4v) is 3.16. The van der Waals surface area contributed by atoms with Crippen LogP contribution in [0.4, 0.5) is 16.3 Å². The van der Waals surface area contributed by atoms with Crippen molar-refractivity contribution in [3.8, 4) is 17.5 Å². The number of nitrogens with one attached hydrogen (secondary N) is 1. The van der Waals surface area contributed by atoms with Gasteiger partial charge in [-0.3, -0.25) is 0 Å². The maximum Gasteiger partial charge on any atom is 0.407 e. The molecule has 1 amide bonds. The summed E-state index contributed by atoms with van der Waals surface area (Å²) in [6.07, 6.45) is 1.98. The SMILES string of the molecule is COc1c(Nc2ccc(OCCCO)nc2C)ncnc1OC1CCN(C(=O)O)CC1. The number of rotatable bonds is 9. The van der Waals surface area contributed by atoms with Gasteiger partial charge >= 0.3 is 6.09 Å². The average Bonchev–Trinajstić information content (AvgIpc) is 2.76. The number of aromatic nitrogens is 3. The number of carboxylic acid groups (broad SMARTS) is 1. The second-order valence-electron chi connectivity index (χ2n) is 6.98. The van der Waals surface area contributed by atoms with Crippen LogP contribution < -0.4 is 19.5 Å². The van der Waals surface area contributed by atoms with Crippen molar-refractivity contribution >= 4 is 17.6 Å². The smallest absolute Gasteiger partial charge is 0.407 e. The largest absolute Gasteiger partial charge is 0.489 e. The highest BCUT2D eigenvalue weighted by Gasteiger charge is 2.25. The minimum absolute atomic E-state index is 0.0647. The van der Waals surface area contributed by atoms with Gasteiger partial charge in [-0.15, -0.1) is 0 Å². The van der Waals surface area contributed by atoms with E-state index in [9.17, 15) is 4.79 Å². The van der Waals surface area contributed by atoms with Gasteiger partial charge in [0.05, 0.1) is 25.1 Å². The summed E-state index contributed by atoms with van der Waals surface area (Å²) >= 11 is 0. The number of amides is 1. The number of likely N-dealkylation sites (tertiary alicyclic amines) is 1. The number of methoxy groups -OCH3 is 1. The number of carbonyl (C=O) groups is 1. The van der Waals surface area contributed by atoms with Gasteiger partial charge in [0.25, 0.3) is 5.88 Å². The van der Waals surface area contributed by atoms with E-state index in [1.165, 1.54) is 18.3 Å². The number of hydrogen-bond donors (Lipinski definition) is 3. The summed E-state index contributed by atoms with van der Waals surface area (Å²) < 4.78 is 17.0. The Morgan fingerprint density at radius 3 is 2.71 bits per heavy atom. The normalized spacial score (nSPS) is 14.2. The van der Waals surface area contributed by atoms with Crippen LogP contribution in [-0.2, 0) is 0 Å². The molecule has 3 rings (SSSR count). The summed E-state index contributed by atoms with van der Waals surface area (Å²) in [5.41, 5.74) is 1.41. The Balaban J connectivity index is 1.69. The highest BCUT2D eigenvalue weighted by molar-refractivity contribution is 5.66. The Bertz CT molecular complexity index is 888. The first-order valence-corrected chi connectivity index (χ1v) is 10.0. The third-order valence-corrected chi connectivity index (χ3v) is 4.83. The molecule has 0 bridgehead atoms. The fraction of sp³-hybridized carbons (Fsp3) is 0.500. The second kappa shape index (κ2) is 10.6. The van der Waals surface area contributed by atoms with Crippen LogP contribution in [0.1, 0.15) is 25.0 Å². The molecule has 0 radical (unpaired) electrons. The molecule has 0 aromatic carbocycles. The van der Waals surface area contributed by atoms with E-state index < -0.39 is 6.09 Å². The first kappa shape index (κ1) is 22.3. The number of aliphatic hydroxyl groups excluding tert-OH is 1. The van der Waals surface area contributed by atoms with Crippen LogP contribution in [0, 0.1) is 6.92 Å². The lowest BCUT2D eigenvalue weighted by molar-refractivity contribution is 0.0852. The van der Waals surface area contributed by atoms with Gasteiger partial charge in [-0.25, -0.2) is 14.8 Å². The summed E-state index contributed by atoms with van der Waals surface area (Å²) in [5.74, 6) is 1.55. The summed E-state index contributed by atoms with van der Waals surface area (Å²) in [6, 6.07) is 3.55. The number of pyridine rings is 1. The van der Waals surface area contributed by atoms with Crippen molar-refractivity contribution in [2.45, 2.75) is 32.3 Å². The Hall–Kier alpha value is -3.34. The number of piperidine rings is 1. The summed E-state index contributed by atoms with van der Waals surface area (Å²) in [6.45, 7) is 3.12. The van der Waals surface area contributed by atoms with E-state index in [-0.39, 0.29) is 12.7 Å². The van der Waals surface area contributed by atoms with Crippen molar-refractivity contribution in [3.05, 3.63) is 24.2 Å². The molecule has 0 unspecified atom stereocenters. The van der Waals surface area contributed by atoms with Crippen molar-refractivity contribution in [1.82, 2.24) is 19.9 Å². The number of ether oxygens (including phenoxy) is 3. The molecular formula is C20H27N5O6. The zero-order valence-electron chi connectivity index (χ0n) is 17.6. The third-order valence-electron chi connectivity index (χ3n) is 4.83. The number of nitrogens with zero attached hydrogens (tertiary/aromatic N) is 4. The molecule has 0 spiro atoms. The topological polar surface area (TPSA) is 139 Å². The second-order valence-corrected chi connectivity index (χ2v) is 6.98. The van der Waals surface area contributed by atoms with E-state index in [0.717, 1.165) is 0 Å². The lowest BCUT2D eigenvalue weighted by Crippen LogP contribution is -2.41. The third kappa shape index (κ3) is 5.85. The van der Waals surface area contributed by atoms with Gasteiger partial charge in [-0.1, -0.05) is 0 Å². The maximum atomic E-state index is 11.1. The molecule has 3 heterocycles. The van der Waals surface area contributed by atoms with E-state index >= 15 is 0 Å². The summed E-state index contributed by atoms with van der Waals surface area (Å²) in [5, 5.41) is 21.1. The molecule has 0 saturated carbocycles. The van der Waals surface area contributed by atoms with Crippen LogP contribution in [0.5, 0.6) is 17.5 Å². The predicted molar refractivity (Wildman–Crippen MR) is 111 cm³/mol. The molecule has 1 fully saturated rings. The van der Waals surface area contributed by atoms with Crippen LogP contribution in [-0.4, -0.2) is 75.7 Å². The molecule has 168 valence electrons. The molecule has 11 heteroatoms. The van der Waals surface area contributed by atoms with Gasteiger partial charge < -0.3 is 34.6 Å². The van der Waals surface area contributed by atoms with Crippen LogP contribution in [0.15, 0.2) is 18.5 Å². The minimum Gasteiger partial charge on any atom is -0.489 e. The van der Waals surface area contributed by atoms with Crippen LogP contribution >= 0.6 is 0 Å². The lowest BCUT2D eigenvalue weighted by atomic mass is 10.1. The molecule has 2 aromatic rings. The first-order valence-electron chi connectivity index (χ1n) is 10.0. The zero-order valence-corrected chi connectivity index (χ0v) is 17.6. The quantitative estimate of drug-likeness (QED) is 0.504. The number of aliphatic hydroxyl groups is 1. The molecular weight excluding hydrogens is 406 g/mol. The van der Waals surface area contributed by atoms with E-state index in [4.69, 9.17) is 24.4 Å². The highest BCUT2D eigenvalue weighted by Crippen LogP contribution is 2.35. The van der Waals surface area contributed by atoms with Crippen LogP contribution in [0.25, 0.3) is 0 Å². The van der Waals surface area contributed by atoms with Gasteiger partial charge in [-0.05, 0) is 13.0 Å². The van der Waals surface area contributed by atoms with Gasteiger partial charge in [0.15, 0.2) is 5.82 Å². The number of anilines is 2. The standard InChI is InChI=1S/C20H27N5O6/c1-13-15(4-5-16(23-13)30-11-3-10-26)24-18-17(29-2)19(22-12-21-18)31-14-6-8-25(9-7-14)20(27)28/h4-5,12,14,26H,3,6-11H2,1-2H3,(H,27,28)(H,21,22,24). The molecule has 1 saturated heterocycles. The van der Waals surface area contributed by atoms with Crippen molar-refractivity contribution in [2.24, 2.45) is 0 Å². The molecule has 2 aromatic heterocycles. The lowest BCUT2D eigenvalue weighted by Gasteiger charge is -2.30. The Labute approximate surface area is 180 Å². The Morgan fingerprint density at radius 2 is 2.06 bits per heavy atom. The fourth-order valence-electron chi connectivity index (χ4n) is 3.16. The Kier molecular flexibility index (Phi) is 7.65. The molecule has 1 aliphatic rings. The first-order chi connectivity index (χ1) is 15.0. The van der Waals surface area contributed by atoms with Crippen molar-refractivity contribution in [2.75, 3.05) is 38.7 Å². The zero-order chi connectivity index (χ0) is 22.2. The molecule has 31 heavy (non-hydrogen) atoms. The molecule has 0 aliphatic carbocycles. The van der Waals surface area contributed by atoms with Gasteiger partial charge in [0, 0.05) is 45.0 Å². The maximum absolute atomic E-state index is 11.1. The van der Waals surface area contributed by atoms with E-state index in [0.29, 0.717) is 73.7 Å². The Morgan fingerprint density at radius 1 is 1.29 bits per heavy atom. The summed E-state index contributed by atoms with van der Waals surface area (Å²) in [4.78, 5) is 25.3. The summed E-state index contributed by atoms with van der Waals surface area (Å²) in [7, 11) is 1.51. The van der Waals surface area contributed by atoms with Gasteiger partial charge in [0.1, 0.15) is 12.4 Å². The number of aryl methyl sites for hydroxylation is 1. The van der Waals surface area contributed by atoms with E-state index in [2.05, 4.69) is 20.3 Å². The minimum atomic E-state index is -0.918. The van der Waals surface area contributed by atoms with Crippen LogP contribution in [0.2, 0.25) is 0 Å².